The number of aromatic carboxylic acids is 1. The fourth-order valence-corrected chi connectivity index (χ4v) is 6.62. The number of rotatable bonds is 8. The molecule has 0 spiro atoms. The predicted octanol–water partition coefficient (Wildman–Crippen LogP) is 4.17. The van der Waals surface area contributed by atoms with Crippen LogP contribution in [0.15, 0.2) is 70.3 Å². The zero-order valence-electron chi connectivity index (χ0n) is 23.6. The van der Waals surface area contributed by atoms with E-state index in [-0.39, 0.29) is 41.4 Å². The number of esters is 1. The third-order valence-electron chi connectivity index (χ3n) is 7.78. The minimum atomic E-state index is -1.10. The molecule has 0 bridgehead atoms. The van der Waals surface area contributed by atoms with Crippen molar-refractivity contribution in [2.24, 2.45) is 4.99 Å². The largest absolute Gasteiger partial charge is 0.478 e. The number of hydrogen-bond acceptors (Lipinski definition) is 9. The number of nitrogens with zero attached hydrogens (tertiary/aromatic N) is 5. The van der Waals surface area contributed by atoms with Crippen molar-refractivity contribution >= 4 is 52.4 Å². The lowest BCUT2D eigenvalue weighted by Crippen LogP contribution is -2.53. The Morgan fingerprint density at radius 3 is 2.75 bits per heavy atom. The number of piperazine rings is 1. The summed E-state index contributed by atoms with van der Waals surface area (Å²) >= 11 is 7.77. The number of nitrogens with one attached hydrogen (secondary N) is 1. The average molecular weight is 639 g/mol. The molecular formula is C30H28ClFN6O5S. The van der Waals surface area contributed by atoms with Crippen LogP contribution in [0.3, 0.4) is 0 Å². The van der Waals surface area contributed by atoms with Gasteiger partial charge in [0.2, 0.25) is 0 Å². The van der Waals surface area contributed by atoms with E-state index in [0.717, 1.165) is 0 Å². The topological polar surface area (TPSA) is 128 Å². The van der Waals surface area contributed by atoms with Gasteiger partial charge in [0.05, 0.1) is 34.5 Å². The summed E-state index contributed by atoms with van der Waals surface area (Å²) in [4.78, 5) is 53.2. The molecular weight excluding hydrogens is 611 g/mol. The SMILES string of the molecule is CCOC(=O)C1=C(CN2CCN3C(=O)N(c4ccccc4C(=O)O)C[C@@H]3C2)NC(c2nccs2)=N[C@H]1c1cccc(F)c1Cl. The van der Waals surface area contributed by atoms with Crippen LogP contribution in [0.4, 0.5) is 14.9 Å². The highest BCUT2D eigenvalue weighted by Gasteiger charge is 2.43. The number of fused-ring (bicyclic) bond motifs is 1. The van der Waals surface area contributed by atoms with E-state index < -0.39 is 23.8 Å². The third-order valence-corrected chi connectivity index (χ3v) is 8.95. The molecule has 2 N–H and O–H groups in total. The number of ether oxygens (including phenoxy) is 1. The van der Waals surface area contributed by atoms with Crippen LogP contribution in [-0.2, 0) is 9.53 Å². The van der Waals surface area contributed by atoms with Crippen molar-refractivity contribution in [3.63, 3.8) is 0 Å². The average Bonchev–Trinajstić information content (AvgIpc) is 3.67. The minimum Gasteiger partial charge on any atom is -0.478 e. The van der Waals surface area contributed by atoms with Crippen molar-refractivity contribution in [3.8, 4) is 0 Å². The van der Waals surface area contributed by atoms with Gasteiger partial charge in [-0.2, -0.15) is 0 Å². The highest BCUT2D eigenvalue weighted by atomic mass is 35.5. The highest BCUT2D eigenvalue weighted by Crippen LogP contribution is 2.38. The summed E-state index contributed by atoms with van der Waals surface area (Å²) < 4.78 is 20.1. The molecule has 0 aliphatic carbocycles. The molecule has 2 atom stereocenters. The molecule has 4 heterocycles. The molecule has 3 aliphatic heterocycles. The molecule has 1 aromatic heterocycles. The van der Waals surface area contributed by atoms with Gasteiger partial charge >= 0.3 is 18.0 Å². The number of hydrogen-bond donors (Lipinski definition) is 2. The van der Waals surface area contributed by atoms with Crippen LogP contribution in [0.25, 0.3) is 0 Å². The lowest BCUT2D eigenvalue weighted by molar-refractivity contribution is -0.139. The lowest BCUT2D eigenvalue weighted by atomic mass is 9.95. The first kappa shape index (κ1) is 29.7. The number of carboxylic acid groups (broad SMARTS) is 1. The minimum absolute atomic E-state index is 0.0595. The number of amidine groups is 1. The molecule has 6 rings (SSSR count). The van der Waals surface area contributed by atoms with Gasteiger partial charge < -0.3 is 20.1 Å². The zero-order chi connectivity index (χ0) is 31.0. The van der Waals surface area contributed by atoms with Crippen molar-refractivity contribution in [1.29, 1.82) is 0 Å². The van der Waals surface area contributed by atoms with Crippen molar-refractivity contribution in [3.05, 3.63) is 92.3 Å². The maximum absolute atomic E-state index is 14.6. The van der Waals surface area contributed by atoms with Gasteiger partial charge in [0.15, 0.2) is 10.8 Å². The highest BCUT2D eigenvalue weighted by molar-refractivity contribution is 7.11. The fourth-order valence-electron chi connectivity index (χ4n) is 5.81. The molecule has 2 saturated heterocycles. The van der Waals surface area contributed by atoms with E-state index in [4.69, 9.17) is 21.3 Å². The maximum Gasteiger partial charge on any atom is 0.338 e. The van der Waals surface area contributed by atoms with E-state index in [1.165, 1.54) is 34.4 Å². The van der Waals surface area contributed by atoms with E-state index in [1.807, 2.05) is 0 Å². The summed E-state index contributed by atoms with van der Waals surface area (Å²) in [5.74, 6) is -1.92. The summed E-state index contributed by atoms with van der Waals surface area (Å²) in [5, 5.41) is 15.2. The molecule has 14 heteroatoms. The van der Waals surface area contributed by atoms with Gasteiger partial charge in [-0.05, 0) is 25.1 Å². The van der Waals surface area contributed by atoms with Gasteiger partial charge in [-0.3, -0.25) is 14.8 Å². The molecule has 0 radical (unpaired) electrons. The number of carbonyl (C=O) groups is 3. The number of para-hydroxylation sites is 1. The van der Waals surface area contributed by atoms with E-state index in [2.05, 4.69) is 15.2 Å². The standard InChI is InChI=1S/C30H28ClFN6O5S/c1-2-43-29(41)23-21(34-26(27-33-10-13-44-27)35-25(23)19-7-5-8-20(32)24(19)31)16-36-11-12-37-17(14-36)15-38(30(37)42)22-9-4-3-6-18(22)28(39)40/h3-10,13,17,25H,2,11-12,14-16H2,1H3,(H,34,35)(H,39,40)/t17-,25-/m0/s1. The lowest BCUT2D eigenvalue weighted by Gasteiger charge is -2.38. The van der Waals surface area contributed by atoms with E-state index in [0.29, 0.717) is 54.0 Å². The van der Waals surface area contributed by atoms with Crippen LogP contribution in [0, 0.1) is 5.82 Å². The molecule has 228 valence electrons. The van der Waals surface area contributed by atoms with Crippen molar-refractivity contribution < 1.29 is 28.6 Å². The number of urea groups is 1. The molecule has 11 nitrogen and oxygen atoms in total. The van der Waals surface area contributed by atoms with Crippen LogP contribution < -0.4 is 10.2 Å². The molecule has 3 aromatic rings. The molecule has 0 saturated carbocycles. The Balaban J connectivity index is 1.32. The summed E-state index contributed by atoms with van der Waals surface area (Å²) in [7, 11) is 0. The number of thiazole rings is 1. The van der Waals surface area contributed by atoms with Crippen LogP contribution in [0.1, 0.15) is 33.9 Å². The number of aromatic nitrogens is 1. The van der Waals surface area contributed by atoms with Gasteiger partial charge in [0.25, 0.3) is 0 Å². The Morgan fingerprint density at radius 1 is 1.18 bits per heavy atom. The van der Waals surface area contributed by atoms with E-state index in [9.17, 15) is 23.9 Å². The number of anilines is 1. The van der Waals surface area contributed by atoms with Gasteiger partial charge in [0, 0.05) is 55.6 Å². The number of carboxylic acids is 1. The Kier molecular flexibility index (Phi) is 8.34. The van der Waals surface area contributed by atoms with Gasteiger partial charge in [-0.1, -0.05) is 35.9 Å². The van der Waals surface area contributed by atoms with Crippen LogP contribution in [0.5, 0.6) is 0 Å². The second-order valence-corrected chi connectivity index (χ2v) is 11.7. The monoisotopic (exact) mass is 638 g/mol. The van der Waals surface area contributed by atoms with E-state index in [1.54, 1.807) is 47.7 Å². The summed E-state index contributed by atoms with van der Waals surface area (Å²) in [6, 6.07) is 9.43. The van der Waals surface area contributed by atoms with Gasteiger partial charge in [0.1, 0.15) is 11.9 Å². The Hall–Kier alpha value is -4.33. The molecule has 2 amide bonds. The smallest absolute Gasteiger partial charge is 0.338 e. The fraction of sp³-hybridized carbons (Fsp3) is 0.300. The van der Waals surface area contributed by atoms with Crippen LogP contribution in [-0.4, -0.2) is 89.1 Å². The van der Waals surface area contributed by atoms with Crippen LogP contribution >= 0.6 is 22.9 Å². The molecule has 3 aliphatic rings. The Bertz CT molecular complexity index is 1680. The van der Waals surface area contributed by atoms with Crippen LogP contribution in [0.2, 0.25) is 5.02 Å². The quantitative estimate of drug-likeness (QED) is 0.352. The molecule has 0 unspecified atom stereocenters. The first-order chi connectivity index (χ1) is 21.3. The Labute approximate surface area is 261 Å². The van der Waals surface area contributed by atoms with Crippen molar-refractivity contribution in [2.45, 2.75) is 19.0 Å². The van der Waals surface area contributed by atoms with Gasteiger partial charge in [-0.25, -0.2) is 23.8 Å². The second-order valence-electron chi connectivity index (χ2n) is 10.4. The summed E-state index contributed by atoms with van der Waals surface area (Å²) in [6.07, 6.45) is 1.64. The van der Waals surface area contributed by atoms with E-state index >= 15 is 0 Å². The first-order valence-corrected chi connectivity index (χ1v) is 15.2. The first-order valence-electron chi connectivity index (χ1n) is 14.0. The molecule has 44 heavy (non-hydrogen) atoms. The number of amides is 2. The number of carbonyl (C=O) groups excluding carboxylic acids is 2. The maximum atomic E-state index is 14.6. The number of benzene rings is 2. The summed E-state index contributed by atoms with van der Waals surface area (Å²) in [5.41, 5.74) is 1.46. The second kappa shape index (κ2) is 12.3. The number of halogens is 2. The van der Waals surface area contributed by atoms with Crippen molar-refractivity contribution in [1.82, 2.24) is 20.1 Å². The Morgan fingerprint density at radius 2 is 2.00 bits per heavy atom. The molecule has 2 fully saturated rings. The molecule has 2 aromatic carbocycles. The normalized spacial score (nSPS) is 20.3. The predicted molar refractivity (Wildman–Crippen MR) is 163 cm³/mol. The number of aliphatic imine (C=N–C) groups is 1. The zero-order valence-corrected chi connectivity index (χ0v) is 25.1. The third kappa shape index (κ3) is 5.53. The summed E-state index contributed by atoms with van der Waals surface area (Å²) in [6.45, 7) is 3.77. The van der Waals surface area contributed by atoms with Crippen molar-refractivity contribution in [2.75, 3.05) is 44.2 Å². The van der Waals surface area contributed by atoms with Gasteiger partial charge in [-0.15, -0.1) is 11.3 Å².